The van der Waals surface area contributed by atoms with E-state index in [1.54, 1.807) is 13.1 Å². The van der Waals surface area contributed by atoms with Crippen LogP contribution in [0.15, 0.2) is 30.3 Å². The standard InChI is InChI=1S/C21H21Cl2N3O4S/c1-26(21(29)14(27)9-30-2)18-11-6-4-3-5-10(11)7-12(18)25-20(28)13-8-15-17(24-13)16(22)19(23)31-15/h3-6,8,12,14,18,24,27H,7,9H2,1-2H3,(H,25,28)/t12-,14+,18-/m1/s1. The number of aliphatic hydroxyl groups is 1. The van der Waals surface area contributed by atoms with Gasteiger partial charge in [0.25, 0.3) is 11.8 Å². The average molecular weight is 482 g/mol. The van der Waals surface area contributed by atoms with Crippen molar-refractivity contribution in [2.75, 3.05) is 20.8 Å². The fourth-order valence-electron chi connectivity index (χ4n) is 4.07. The zero-order valence-electron chi connectivity index (χ0n) is 16.8. The quantitative estimate of drug-likeness (QED) is 0.502. The van der Waals surface area contributed by atoms with Gasteiger partial charge in [-0.25, -0.2) is 0 Å². The summed E-state index contributed by atoms with van der Waals surface area (Å²) in [4.78, 5) is 30.2. The Balaban J connectivity index is 1.59. The number of nitrogens with zero attached hydrogens (tertiary/aromatic N) is 1. The number of aliphatic hydroxyl groups excluding tert-OH is 1. The molecule has 1 aromatic carbocycles. The van der Waals surface area contributed by atoms with Gasteiger partial charge in [0.1, 0.15) is 10.0 Å². The Morgan fingerprint density at radius 1 is 1.39 bits per heavy atom. The lowest BCUT2D eigenvalue weighted by Gasteiger charge is -2.32. The molecule has 0 fully saturated rings. The zero-order valence-corrected chi connectivity index (χ0v) is 19.1. The topological polar surface area (TPSA) is 94.7 Å². The van der Waals surface area contributed by atoms with Crippen LogP contribution in [0.1, 0.15) is 27.7 Å². The van der Waals surface area contributed by atoms with E-state index in [0.29, 0.717) is 27.0 Å². The van der Waals surface area contributed by atoms with Crippen LogP contribution in [0.3, 0.4) is 0 Å². The van der Waals surface area contributed by atoms with Crippen molar-refractivity contribution in [1.29, 1.82) is 0 Å². The third-order valence-corrected chi connectivity index (χ3v) is 7.44. The van der Waals surface area contributed by atoms with Crippen LogP contribution in [0.2, 0.25) is 9.36 Å². The number of nitrogens with one attached hydrogen (secondary N) is 2. The third kappa shape index (κ3) is 4.06. The van der Waals surface area contributed by atoms with E-state index in [1.165, 1.54) is 23.3 Å². The SMILES string of the molecule is COC[C@H](O)C(=O)N(C)[C@@H]1c2ccccc2C[C@H]1NC(=O)c1cc2sc(Cl)c(Cl)c2[nH]1. The van der Waals surface area contributed by atoms with Gasteiger partial charge in [-0.1, -0.05) is 47.5 Å². The molecule has 10 heteroatoms. The summed E-state index contributed by atoms with van der Waals surface area (Å²) in [5.41, 5.74) is 2.97. The highest BCUT2D eigenvalue weighted by Crippen LogP contribution is 2.39. The summed E-state index contributed by atoms with van der Waals surface area (Å²) in [6, 6.07) is 8.65. The minimum atomic E-state index is -1.28. The Morgan fingerprint density at radius 2 is 2.13 bits per heavy atom. The van der Waals surface area contributed by atoms with Crippen molar-refractivity contribution < 1.29 is 19.4 Å². The molecule has 0 bridgehead atoms. The number of halogens is 2. The number of aromatic nitrogens is 1. The molecule has 1 aliphatic rings. The molecule has 3 N–H and O–H groups in total. The second-order valence-electron chi connectivity index (χ2n) is 7.46. The number of amides is 2. The Morgan fingerprint density at radius 3 is 2.84 bits per heavy atom. The number of aromatic amines is 1. The third-order valence-electron chi connectivity index (χ3n) is 5.50. The van der Waals surface area contributed by atoms with Gasteiger partial charge in [-0.15, -0.1) is 11.3 Å². The summed E-state index contributed by atoms with van der Waals surface area (Å²) in [7, 11) is 3.05. The summed E-state index contributed by atoms with van der Waals surface area (Å²) in [5, 5.41) is 13.5. The lowest BCUT2D eigenvalue weighted by molar-refractivity contribution is -0.144. The van der Waals surface area contributed by atoms with Crippen molar-refractivity contribution in [3.8, 4) is 0 Å². The normalized spacial score (nSPS) is 18.7. The maximum absolute atomic E-state index is 13.0. The van der Waals surface area contributed by atoms with Crippen molar-refractivity contribution in [1.82, 2.24) is 15.2 Å². The molecule has 3 aromatic rings. The molecule has 4 rings (SSSR count). The van der Waals surface area contributed by atoms with Crippen molar-refractivity contribution in [3.63, 3.8) is 0 Å². The van der Waals surface area contributed by atoms with Gasteiger partial charge in [0.15, 0.2) is 6.10 Å². The van der Waals surface area contributed by atoms with Crippen LogP contribution in [-0.4, -0.2) is 59.7 Å². The molecule has 7 nitrogen and oxygen atoms in total. The predicted octanol–water partition coefficient (Wildman–Crippen LogP) is 3.40. The van der Waals surface area contributed by atoms with Crippen molar-refractivity contribution in [2.45, 2.75) is 24.6 Å². The largest absolute Gasteiger partial charge is 0.381 e. The van der Waals surface area contributed by atoms with Gasteiger partial charge in [-0.05, 0) is 23.6 Å². The van der Waals surface area contributed by atoms with Crippen LogP contribution in [0.5, 0.6) is 0 Å². The van der Waals surface area contributed by atoms with E-state index in [9.17, 15) is 14.7 Å². The maximum atomic E-state index is 13.0. The first-order valence-electron chi connectivity index (χ1n) is 9.60. The van der Waals surface area contributed by atoms with Crippen LogP contribution >= 0.6 is 34.5 Å². The van der Waals surface area contributed by atoms with E-state index >= 15 is 0 Å². The van der Waals surface area contributed by atoms with Crippen molar-refractivity contribution >= 4 is 56.6 Å². The molecule has 2 aromatic heterocycles. The molecule has 164 valence electrons. The summed E-state index contributed by atoms with van der Waals surface area (Å²) >= 11 is 13.5. The Kier molecular flexibility index (Phi) is 6.27. The lowest BCUT2D eigenvalue weighted by atomic mass is 10.0. The first kappa shape index (κ1) is 22.1. The molecular formula is C21H21Cl2N3O4S. The number of benzene rings is 1. The molecule has 2 amide bonds. The highest BCUT2D eigenvalue weighted by Gasteiger charge is 2.39. The molecule has 2 heterocycles. The van der Waals surface area contributed by atoms with E-state index < -0.39 is 18.1 Å². The minimum absolute atomic E-state index is 0.100. The zero-order chi connectivity index (χ0) is 22.3. The summed E-state index contributed by atoms with van der Waals surface area (Å²) in [5.74, 6) is -0.777. The maximum Gasteiger partial charge on any atom is 0.268 e. The summed E-state index contributed by atoms with van der Waals surface area (Å²) in [6.07, 6.45) is -0.715. The van der Waals surface area contributed by atoms with Gasteiger partial charge in [-0.2, -0.15) is 0 Å². The monoisotopic (exact) mass is 481 g/mol. The number of fused-ring (bicyclic) bond motifs is 2. The highest BCUT2D eigenvalue weighted by atomic mass is 35.5. The Labute approximate surface area is 192 Å². The van der Waals surface area contributed by atoms with Gasteiger partial charge < -0.3 is 25.0 Å². The van der Waals surface area contributed by atoms with Gasteiger partial charge in [0, 0.05) is 14.2 Å². The van der Waals surface area contributed by atoms with Crippen LogP contribution in [0, 0.1) is 0 Å². The second kappa shape index (κ2) is 8.80. The van der Waals surface area contributed by atoms with Gasteiger partial charge in [-0.3, -0.25) is 9.59 Å². The van der Waals surface area contributed by atoms with E-state index in [0.717, 1.165) is 15.8 Å². The second-order valence-corrected chi connectivity index (χ2v) is 9.49. The van der Waals surface area contributed by atoms with Gasteiger partial charge in [0.2, 0.25) is 0 Å². The molecule has 3 atom stereocenters. The number of carbonyl (C=O) groups excluding carboxylic acids is 2. The van der Waals surface area contributed by atoms with Crippen molar-refractivity contribution in [3.05, 3.63) is 56.5 Å². The minimum Gasteiger partial charge on any atom is -0.381 e. The fraction of sp³-hybridized carbons (Fsp3) is 0.333. The molecular weight excluding hydrogens is 461 g/mol. The molecule has 0 saturated carbocycles. The molecule has 0 aliphatic heterocycles. The number of likely N-dealkylation sites (N-methyl/N-ethyl adjacent to an activating group) is 1. The molecule has 1 aliphatic carbocycles. The predicted molar refractivity (Wildman–Crippen MR) is 121 cm³/mol. The smallest absolute Gasteiger partial charge is 0.268 e. The van der Waals surface area contributed by atoms with Crippen LogP contribution in [-0.2, 0) is 16.0 Å². The highest BCUT2D eigenvalue weighted by molar-refractivity contribution is 7.23. The molecule has 0 unspecified atom stereocenters. The Hall–Kier alpha value is -2.10. The molecule has 0 radical (unpaired) electrons. The number of H-pyrrole nitrogens is 1. The van der Waals surface area contributed by atoms with Crippen LogP contribution in [0.4, 0.5) is 0 Å². The average Bonchev–Trinajstić information content (AvgIpc) is 3.40. The lowest BCUT2D eigenvalue weighted by Crippen LogP contribution is -2.48. The number of ether oxygens (including phenoxy) is 1. The molecule has 0 spiro atoms. The van der Waals surface area contributed by atoms with Crippen LogP contribution in [0.25, 0.3) is 10.2 Å². The first-order chi connectivity index (χ1) is 14.8. The van der Waals surface area contributed by atoms with Gasteiger partial charge >= 0.3 is 0 Å². The van der Waals surface area contributed by atoms with Crippen LogP contribution < -0.4 is 5.32 Å². The Bertz CT molecular complexity index is 1150. The fourth-order valence-corrected chi connectivity index (χ4v) is 5.55. The molecule has 31 heavy (non-hydrogen) atoms. The number of rotatable bonds is 6. The number of thiophene rings is 1. The number of hydrogen-bond acceptors (Lipinski definition) is 5. The van der Waals surface area contributed by atoms with E-state index in [4.69, 9.17) is 27.9 Å². The van der Waals surface area contributed by atoms with Gasteiger partial charge in [0.05, 0.1) is 33.9 Å². The van der Waals surface area contributed by atoms with E-state index in [2.05, 4.69) is 10.3 Å². The summed E-state index contributed by atoms with van der Waals surface area (Å²) in [6.45, 7) is -0.100. The van der Waals surface area contributed by atoms with E-state index in [1.807, 2.05) is 24.3 Å². The summed E-state index contributed by atoms with van der Waals surface area (Å²) < 4.78 is 6.17. The first-order valence-corrected chi connectivity index (χ1v) is 11.2. The number of methoxy groups -OCH3 is 1. The van der Waals surface area contributed by atoms with E-state index in [-0.39, 0.29) is 18.6 Å². The number of carbonyl (C=O) groups is 2. The van der Waals surface area contributed by atoms with Crippen molar-refractivity contribution in [2.24, 2.45) is 0 Å². The number of hydrogen-bond donors (Lipinski definition) is 3. The molecule has 0 saturated heterocycles.